The Morgan fingerprint density at radius 1 is 1.00 bits per heavy atom. The molecule has 0 bridgehead atoms. The van der Waals surface area contributed by atoms with Gasteiger partial charge in [-0.1, -0.05) is 18.2 Å². The predicted octanol–water partition coefficient (Wildman–Crippen LogP) is 4.47. The number of nitrogens with zero attached hydrogens (tertiary/aromatic N) is 1. The van der Waals surface area contributed by atoms with E-state index >= 15 is 0 Å². The number of benzene rings is 1. The second-order valence-electron chi connectivity index (χ2n) is 5.20. The SMILES string of the molecule is Cc1cccc(C)c1SCN(C(C)C)C(C)C. The number of rotatable bonds is 5. The van der Waals surface area contributed by atoms with Gasteiger partial charge >= 0.3 is 0 Å². The van der Waals surface area contributed by atoms with Crippen molar-refractivity contribution in [2.24, 2.45) is 0 Å². The fourth-order valence-electron chi connectivity index (χ4n) is 2.06. The summed E-state index contributed by atoms with van der Waals surface area (Å²) in [7, 11) is 0. The Bertz CT molecular complexity index is 330. The molecule has 0 atom stereocenters. The van der Waals surface area contributed by atoms with Crippen molar-refractivity contribution in [2.45, 2.75) is 58.5 Å². The van der Waals surface area contributed by atoms with Gasteiger partial charge in [-0.3, -0.25) is 4.90 Å². The minimum atomic E-state index is 0.604. The number of thioether (sulfide) groups is 1. The summed E-state index contributed by atoms with van der Waals surface area (Å²) in [5, 5.41) is 0. The molecule has 0 fully saturated rings. The van der Waals surface area contributed by atoms with Crippen molar-refractivity contribution in [1.29, 1.82) is 0 Å². The van der Waals surface area contributed by atoms with Crippen LogP contribution in [0.4, 0.5) is 0 Å². The first-order valence-corrected chi connectivity index (χ1v) is 7.36. The molecule has 0 spiro atoms. The largest absolute Gasteiger partial charge is 0.289 e. The third kappa shape index (κ3) is 4.04. The lowest BCUT2D eigenvalue weighted by atomic mass is 10.2. The Labute approximate surface area is 111 Å². The molecule has 0 unspecified atom stereocenters. The smallest absolute Gasteiger partial charge is 0.0497 e. The molecular formula is C15H25NS. The zero-order valence-corrected chi connectivity index (χ0v) is 12.8. The molecule has 0 aliphatic rings. The van der Waals surface area contributed by atoms with Crippen molar-refractivity contribution >= 4 is 11.8 Å². The Morgan fingerprint density at radius 2 is 1.47 bits per heavy atom. The van der Waals surface area contributed by atoms with Crippen molar-refractivity contribution in [3.63, 3.8) is 0 Å². The van der Waals surface area contributed by atoms with Gasteiger partial charge in [-0.2, -0.15) is 0 Å². The Morgan fingerprint density at radius 3 is 1.88 bits per heavy atom. The Balaban J connectivity index is 2.72. The molecule has 0 aromatic heterocycles. The van der Waals surface area contributed by atoms with Gasteiger partial charge in [0.2, 0.25) is 0 Å². The molecule has 1 nitrogen and oxygen atoms in total. The van der Waals surface area contributed by atoms with E-state index in [4.69, 9.17) is 0 Å². The Hall–Kier alpha value is -0.470. The van der Waals surface area contributed by atoms with Gasteiger partial charge in [0, 0.05) is 22.9 Å². The molecule has 1 rings (SSSR count). The van der Waals surface area contributed by atoms with Crippen molar-refractivity contribution in [2.75, 3.05) is 5.88 Å². The summed E-state index contributed by atoms with van der Waals surface area (Å²) in [5.41, 5.74) is 2.78. The molecule has 1 aromatic rings. The molecule has 96 valence electrons. The fraction of sp³-hybridized carbons (Fsp3) is 0.600. The van der Waals surface area contributed by atoms with Crippen LogP contribution in [-0.4, -0.2) is 22.9 Å². The summed E-state index contributed by atoms with van der Waals surface area (Å²) >= 11 is 1.96. The van der Waals surface area contributed by atoms with Gasteiger partial charge in [-0.15, -0.1) is 11.8 Å². The predicted molar refractivity (Wildman–Crippen MR) is 78.8 cm³/mol. The van der Waals surface area contributed by atoms with Gasteiger partial charge in [0.1, 0.15) is 0 Å². The molecule has 2 heteroatoms. The summed E-state index contributed by atoms with van der Waals surface area (Å²) in [6.45, 7) is 13.5. The molecule has 0 aliphatic carbocycles. The minimum Gasteiger partial charge on any atom is -0.289 e. The lowest BCUT2D eigenvalue weighted by Crippen LogP contribution is -2.36. The van der Waals surface area contributed by atoms with E-state index in [9.17, 15) is 0 Å². The van der Waals surface area contributed by atoms with Gasteiger partial charge in [-0.25, -0.2) is 0 Å². The summed E-state index contributed by atoms with van der Waals surface area (Å²) < 4.78 is 0. The lowest BCUT2D eigenvalue weighted by molar-refractivity contribution is 0.211. The monoisotopic (exact) mass is 251 g/mol. The van der Waals surface area contributed by atoms with E-state index in [0.717, 1.165) is 5.88 Å². The van der Waals surface area contributed by atoms with Crippen LogP contribution in [0.15, 0.2) is 23.1 Å². The molecule has 0 saturated heterocycles. The van der Waals surface area contributed by atoms with E-state index in [-0.39, 0.29) is 0 Å². The summed E-state index contributed by atoms with van der Waals surface area (Å²) in [6.07, 6.45) is 0. The topological polar surface area (TPSA) is 3.24 Å². The highest BCUT2D eigenvalue weighted by Crippen LogP contribution is 2.27. The van der Waals surface area contributed by atoms with Crippen molar-refractivity contribution in [1.82, 2.24) is 4.90 Å². The maximum absolute atomic E-state index is 2.52. The van der Waals surface area contributed by atoms with Gasteiger partial charge < -0.3 is 0 Å². The number of hydrogen-bond donors (Lipinski definition) is 0. The molecule has 1 aromatic carbocycles. The minimum absolute atomic E-state index is 0.604. The van der Waals surface area contributed by atoms with Crippen LogP contribution in [0.25, 0.3) is 0 Å². The first-order chi connectivity index (χ1) is 7.93. The molecular weight excluding hydrogens is 226 g/mol. The van der Waals surface area contributed by atoms with E-state index in [1.54, 1.807) is 0 Å². The quantitative estimate of drug-likeness (QED) is 0.561. The van der Waals surface area contributed by atoms with Crippen LogP contribution in [0.2, 0.25) is 0 Å². The molecule has 0 amide bonds. The Kier molecular flexibility index (Phi) is 5.54. The van der Waals surface area contributed by atoms with Crippen LogP contribution in [0.3, 0.4) is 0 Å². The maximum Gasteiger partial charge on any atom is 0.0497 e. The van der Waals surface area contributed by atoms with Crippen molar-refractivity contribution in [3.05, 3.63) is 29.3 Å². The molecule has 0 saturated carbocycles. The van der Waals surface area contributed by atoms with Gasteiger partial charge in [0.05, 0.1) is 0 Å². The highest BCUT2D eigenvalue weighted by Gasteiger charge is 2.14. The standard InChI is InChI=1S/C15H25NS/c1-11(2)16(12(3)4)10-17-15-13(5)8-7-9-14(15)6/h7-9,11-12H,10H2,1-6H3. The van der Waals surface area contributed by atoms with Crippen LogP contribution in [-0.2, 0) is 0 Å². The highest BCUT2D eigenvalue weighted by molar-refractivity contribution is 7.99. The first-order valence-electron chi connectivity index (χ1n) is 6.38. The molecule has 0 aliphatic heterocycles. The molecule has 0 N–H and O–H groups in total. The third-order valence-corrected chi connectivity index (χ3v) is 4.45. The summed E-state index contributed by atoms with van der Waals surface area (Å²) in [5.74, 6) is 1.07. The fourth-order valence-corrected chi connectivity index (χ4v) is 3.53. The molecule has 0 radical (unpaired) electrons. The number of aryl methyl sites for hydroxylation is 2. The zero-order valence-electron chi connectivity index (χ0n) is 11.9. The van der Waals surface area contributed by atoms with Gasteiger partial charge in [0.15, 0.2) is 0 Å². The van der Waals surface area contributed by atoms with E-state index in [0.29, 0.717) is 12.1 Å². The average molecular weight is 251 g/mol. The van der Waals surface area contributed by atoms with Crippen LogP contribution in [0.1, 0.15) is 38.8 Å². The molecule has 17 heavy (non-hydrogen) atoms. The third-order valence-electron chi connectivity index (χ3n) is 3.09. The normalized spacial score (nSPS) is 11.8. The average Bonchev–Trinajstić information content (AvgIpc) is 2.21. The van der Waals surface area contributed by atoms with Crippen LogP contribution >= 0.6 is 11.8 Å². The first kappa shape index (κ1) is 14.6. The zero-order chi connectivity index (χ0) is 13.0. The van der Waals surface area contributed by atoms with Crippen molar-refractivity contribution < 1.29 is 0 Å². The maximum atomic E-state index is 2.52. The van der Waals surface area contributed by atoms with E-state index in [1.807, 2.05) is 11.8 Å². The highest BCUT2D eigenvalue weighted by atomic mass is 32.2. The summed E-state index contributed by atoms with van der Waals surface area (Å²) in [6, 6.07) is 7.74. The van der Waals surface area contributed by atoms with E-state index in [1.165, 1.54) is 16.0 Å². The van der Waals surface area contributed by atoms with E-state index in [2.05, 4.69) is 64.6 Å². The second-order valence-corrected chi connectivity index (χ2v) is 6.15. The van der Waals surface area contributed by atoms with E-state index < -0.39 is 0 Å². The second kappa shape index (κ2) is 6.46. The van der Waals surface area contributed by atoms with Crippen LogP contribution in [0.5, 0.6) is 0 Å². The van der Waals surface area contributed by atoms with Gasteiger partial charge in [0.25, 0.3) is 0 Å². The van der Waals surface area contributed by atoms with Gasteiger partial charge in [-0.05, 0) is 52.7 Å². The van der Waals surface area contributed by atoms with Crippen LogP contribution in [0, 0.1) is 13.8 Å². The number of hydrogen-bond acceptors (Lipinski definition) is 2. The van der Waals surface area contributed by atoms with Crippen LogP contribution < -0.4 is 0 Å². The molecule has 0 heterocycles. The lowest BCUT2D eigenvalue weighted by Gasteiger charge is -2.30. The summed E-state index contributed by atoms with van der Waals surface area (Å²) in [4.78, 5) is 3.97. The van der Waals surface area contributed by atoms with Crippen molar-refractivity contribution in [3.8, 4) is 0 Å².